The molecule has 0 aliphatic heterocycles. The molecule has 0 spiro atoms. The number of hydrogen-bond acceptors (Lipinski definition) is 6. The summed E-state index contributed by atoms with van der Waals surface area (Å²) in [7, 11) is 1.63. The van der Waals surface area contributed by atoms with Crippen LogP contribution in [0.4, 0.5) is 5.69 Å². The molecule has 0 unspecified atom stereocenters. The lowest BCUT2D eigenvalue weighted by molar-refractivity contribution is 0.0943. The third kappa shape index (κ3) is 4.62. The molecular formula is C20H15Cl2N5O4. The quantitative estimate of drug-likeness (QED) is 0.447. The Hall–Kier alpha value is -3.56. The van der Waals surface area contributed by atoms with Crippen LogP contribution in [0, 0.1) is 0 Å². The molecule has 0 atom stereocenters. The molecule has 4 aromatic rings. The molecular weight excluding hydrogens is 445 g/mol. The van der Waals surface area contributed by atoms with Gasteiger partial charge in [-0.2, -0.15) is 5.10 Å². The Morgan fingerprint density at radius 1 is 1.16 bits per heavy atom. The zero-order chi connectivity index (χ0) is 22.0. The topological polar surface area (TPSA) is 115 Å². The van der Waals surface area contributed by atoms with E-state index in [9.17, 15) is 9.59 Å². The summed E-state index contributed by atoms with van der Waals surface area (Å²) >= 11 is 12.1. The number of carbonyl (C=O) groups excluding carboxylic acids is 2. The molecule has 0 radical (unpaired) electrons. The summed E-state index contributed by atoms with van der Waals surface area (Å²) < 4.78 is 11.8. The fourth-order valence-corrected chi connectivity index (χ4v) is 3.30. The van der Waals surface area contributed by atoms with Crippen LogP contribution >= 0.6 is 23.2 Å². The highest BCUT2D eigenvalue weighted by Gasteiger charge is 2.21. The number of aromatic nitrogens is 3. The zero-order valence-corrected chi connectivity index (χ0v) is 17.6. The van der Waals surface area contributed by atoms with Crippen LogP contribution in [0.2, 0.25) is 10.0 Å². The number of anilines is 1. The number of furan rings is 1. The molecule has 11 heteroatoms. The van der Waals surface area contributed by atoms with Crippen molar-refractivity contribution in [2.24, 2.45) is 7.05 Å². The molecule has 2 N–H and O–H groups in total. The number of carbonyl (C=O) groups is 2. The number of hydrogen-bond donors (Lipinski definition) is 2. The van der Waals surface area contributed by atoms with E-state index in [1.54, 1.807) is 37.4 Å². The normalized spacial score (nSPS) is 10.8. The summed E-state index contributed by atoms with van der Waals surface area (Å²) in [5.41, 5.74) is 0.814. The van der Waals surface area contributed by atoms with Crippen LogP contribution in [0.3, 0.4) is 0 Å². The highest BCUT2D eigenvalue weighted by atomic mass is 35.5. The maximum atomic E-state index is 12.7. The van der Waals surface area contributed by atoms with Gasteiger partial charge in [0, 0.05) is 29.9 Å². The molecule has 0 aliphatic carbocycles. The molecule has 0 fully saturated rings. The van der Waals surface area contributed by atoms with E-state index in [0.29, 0.717) is 27.1 Å². The molecule has 158 valence electrons. The second-order valence-corrected chi connectivity index (χ2v) is 7.33. The second-order valence-electron chi connectivity index (χ2n) is 6.48. The first-order valence-corrected chi connectivity index (χ1v) is 9.74. The largest absolute Gasteiger partial charge is 0.467 e. The van der Waals surface area contributed by atoms with Crippen LogP contribution in [0.5, 0.6) is 0 Å². The van der Waals surface area contributed by atoms with Crippen LogP contribution in [0.1, 0.15) is 26.7 Å². The maximum Gasteiger partial charge on any atom is 0.277 e. The summed E-state index contributed by atoms with van der Waals surface area (Å²) in [6.45, 7) is 0.185. The van der Waals surface area contributed by atoms with E-state index < -0.39 is 11.8 Å². The van der Waals surface area contributed by atoms with E-state index in [1.807, 2.05) is 0 Å². The van der Waals surface area contributed by atoms with Gasteiger partial charge < -0.3 is 19.6 Å². The molecule has 0 saturated carbocycles. The van der Waals surface area contributed by atoms with Gasteiger partial charge in [0.2, 0.25) is 0 Å². The van der Waals surface area contributed by atoms with Crippen molar-refractivity contribution in [3.05, 3.63) is 76.1 Å². The number of halogens is 2. The van der Waals surface area contributed by atoms with Gasteiger partial charge in [-0.05, 0) is 30.3 Å². The lowest BCUT2D eigenvalue weighted by atomic mass is 10.1. The minimum absolute atomic E-state index is 0.00631. The van der Waals surface area contributed by atoms with Gasteiger partial charge in [0.25, 0.3) is 11.8 Å². The Morgan fingerprint density at radius 3 is 2.74 bits per heavy atom. The molecule has 9 nitrogen and oxygen atoms in total. The lowest BCUT2D eigenvalue weighted by Crippen LogP contribution is -2.25. The van der Waals surface area contributed by atoms with Crippen molar-refractivity contribution in [1.82, 2.24) is 20.3 Å². The molecule has 0 saturated heterocycles. The predicted octanol–water partition coefficient (Wildman–Crippen LogP) is 4.16. The molecule has 3 heterocycles. The van der Waals surface area contributed by atoms with Crippen molar-refractivity contribution < 1.29 is 18.5 Å². The van der Waals surface area contributed by atoms with Gasteiger partial charge in [-0.1, -0.05) is 28.4 Å². The molecule has 0 bridgehead atoms. The highest BCUT2D eigenvalue weighted by Crippen LogP contribution is 2.31. The second kappa shape index (κ2) is 8.66. The summed E-state index contributed by atoms with van der Waals surface area (Å²) in [5, 5.41) is 14.0. The van der Waals surface area contributed by atoms with E-state index in [4.69, 9.17) is 32.1 Å². The monoisotopic (exact) mass is 459 g/mol. The first-order chi connectivity index (χ1) is 14.9. The Labute approximate surface area is 185 Å². The first kappa shape index (κ1) is 20.7. The predicted molar refractivity (Wildman–Crippen MR) is 113 cm³/mol. The third-order valence-corrected chi connectivity index (χ3v) is 4.78. The van der Waals surface area contributed by atoms with Crippen LogP contribution in [-0.2, 0) is 13.6 Å². The maximum absolute atomic E-state index is 12.7. The van der Waals surface area contributed by atoms with Crippen molar-refractivity contribution in [3.63, 3.8) is 0 Å². The van der Waals surface area contributed by atoms with E-state index in [-0.39, 0.29) is 23.6 Å². The Morgan fingerprint density at radius 2 is 2.00 bits per heavy atom. The smallest absolute Gasteiger partial charge is 0.277 e. The summed E-state index contributed by atoms with van der Waals surface area (Å²) in [5.74, 6) is -0.158. The fourth-order valence-electron chi connectivity index (χ4n) is 2.80. The van der Waals surface area contributed by atoms with Crippen molar-refractivity contribution in [2.45, 2.75) is 6.54 Å². The van der Waals surface area contributed by atoms with Gasteiger partial charge >= 0.3 is 0 Å². The average Bonchev–Trinajstić information content (AvgIpc) is 3.47. The van der Waals surface area contributed by atoms with Crippen LogP contribution < -0.4 is 10.6 Å². The molecule has 3 aromatic heterocycles. The van der Waals surface area contributed by atoms with Crippen LogP contribution in [0.25, 0.3) is 11.3 Å². The molecule has 0 aliphatic rings. The standard InChI is InChI=1S/C20H15Cl2N5O4/c1-27-10-16(18(25-27)20(29)23-9-12-3-2-6-30-12)24-19(28)15-8-17(31-26-15)13-5-4-11(21)7-14(13)22/h2-8,10H,9H2,1H3,(H,23,29)(H,24,28). The van der Waals surface area contributed by atoms with E-state index in [0.717, 1.165) is 0 Å². The van der Waals surface area contributed by atoms with Crippen molar-refractivity contribution in [2.75, 3.05) is 5.32 Å². The van der Waals surface area contributed by atoms with Gasteiger partial charge in [0.1, 0.15) is 5.76 Å². The number of aryl methyl sites for hydroxylation is 1. The molecule has 1 aromatic carbocycles. The van der Waals surface area contributed by atoms with Crippen molar-refractivity contribution >= 4 is 40.7 Å². The number of nitrogens with zero attached hydrogens (tertiary/aromatic N) is 3. The van der Waals surface area contributed by atoms with E-state index >= 15 is 0 Å². The summed E-state index contributed by atoms with van der Waals surface area (Å²) in [4.78, 5) is 25.2. The fraction of sp³-hybridized carbons (Fsp3) is 0.100. The Bertz CT molecular complexity index is 1250. The SMILES string of the molecule is Cn1cc(NC(=O)c2cc(-c3ccc(Cl)cc3Cl)on2)c(C(=O)NCc2ccco2)n1. The molecule has 31 heavy (non-hydrogen) atoms. The lowest BCUT2D eigenvalue weighted by Gasteiger charge is -2.04. The Kier molecular flexibility index (Phi) is 5.79. The number of benzene rings is 1. The average molecular weight is 460 g/mol. The van der Waals surface area contributed by atoms with Crippen LogP contribution in [0.15, 0.2) is 57.8 Å². The van der Waals surface area contributed by atoms with Gasteiger partial charge in [-0.3, -0.25) is 14.3 Å². The van der Waals surface area contributed by atoms with Gasteiger partial charge in [0.15, 0.2) is 17.1 Å². The summed E-state index contributed by atoms with van der Waals surface area (Å²) in [6.07, 6.45) is 3.02. The first-order valence-electron chi connectivity index (χ1n) is 8.98. The van der Waals surface area contributed by atoms with Gasteiger partial charge in [0.05, 0.1) is 23.5 Å². The zero-order valence-electron chi connectivity index (χ0n) is 16.1. The Balaban J connectivity index is 1.49. The number of nitrogens with one attached hydrogen (secondary N) is 2. The molecule has 2 amide bonds. The minimum atomic E-state index is -0.576. The van der Waals surface area contributed by atoms with Crippen LogP contribution in [-0.4, -0.2) is 26.8 Å². The van der Waals surface area contributed by atoms with Crippen molar-refractivity contribution in [1.29, 1.82) is 0 Å². The van der Waals surface area contributed by atoms with E-state index in [2.05, 4.69) is 20.9 Å². The minimum Gasteiger partial charge on any atom is -0.467 e. The van der Waals surface area contributed by atoms with Gasteiger partial charge in [-0.15, -0.1) is 0 Å². The molecule has 4 rings (SSSR count). The summed E-state index contributed by atoms with van der Waals surface area (Å²) in [6, 6.07) is 9.76. The highest BCUT2D eigenvalue weighted by molar-refractivity contribution is 6.36. The number of rotatable bonds is 6. The third-order valence-electron chi connectivity index (χ3n) is 4.23. The van der Waals surface area contributed by atoms with Crippen molar-refractivity contribution in [3.8, 4) is 11.3 Å². The van der Waals surface area contributed by atoms with E-state index in [1.165, 1.54) is 23.2 Å². The number of amides is 2. The van der Waals surface area contributed by atoms with Gasteiger partial charge in [-0.25, -0.2) is 0 Å².